The molecule has 0 aliphatic carbocycles. The van der Waals surface area contributed by atoms with Crippen molar-refractivity contribution in [1.82, 2.24) is 9.47 Å². The van der Waals surface area contributed by atoms with Gasteiger partial charge in [-0.15, -0.1) is 0 Å². The average Bonchev–Trinajstić information content (AvgIpc) is 3.14. The average molecular weight is 417 g/mol. The second kappa shape index (κ2) is 7.62. The van der Waals surface area contributed by atoms with Crippen LogP contribution in [0.5, 0.6) is 0 Å². The minimum Gasteiger partial charge on any atom is -0.465 e. The van der Waals surface area contributed by atoms with Crippen LogP contribution < -0.4 is 10.3 Å². The Hall–Kier alpha value is -3.10. The molecule has 1 aromatic carbocycles. The maximum Gasteiger partial charge on any atom is 0.410 e. The monoisotopic (exact) mass is 417 g/mol. The van der Waals surface area contributed by atoms with Crippen molar-refractivity contribution in [3.05, 3.63) is 39.4 Å². The lowest BCUT2D eigenvalue weighted by Crippen LogP contribution is -2.54. The third-order valence-corrected chi connectivity index (χ3v) is 5.84. The predicted octanol–water partition coefficient (Wildman–Crippen LogP) is 2.15. The summed E-state index contributed by atoms with van der Waals surface area (Å²) in [5.41, 5.74) is 1.26. The molecule has 0 saturated carbocycles. The van der Waals surface area contributed by atoms with Crippen molar-refractivity contribution in [2.75, 3.05) is 38.3 Å². The molecule has 30 heavy (non-hydrogen) atoms. The smallest absolute Gasteiger partial charge is 0.410 e. The van der Waals surface area contributed by atoms with E-state index in [0.29, 0.717) is 50.4 Å². The molecule has 2 aliphatic heterocycles. The highest BCUT2D eigenvalue weighted by molar-refractivity contribution is 5.96. The molecule has 1 saturated heterocycles. The van der Waals surface area contributed by atoms with Gasteiger partial charge in [0.25, 0.3) is 0 Å². The Morgan fingerprint density at radius 3 is 2.70 bits per heavy atom. The summed E-state index contributed by atoms with van der Waals surface area (Å²) in [5, 5.41) is 0.185. The molecule has 1 fully saturated rings. The van der Waals surface area contributed by atoms with E-state index in [4.69, 9.17) is 9.47 Å². The van der Waals surface area contributed by atoms with E-state index in [1.165, 1.54) is 19.4 Å². The Labute approximate surface area is 172 Å². The lowest BCUT2D eigenvalue weighted by atomic mass is 10.0. The van der Waals surface area contributed by atoms with Crippen molar-refractivity contribution in [1.29, 1.82) is 0 Å². The van der Waals surface area contributed by atoms with Crippen LogP contribution in [-0.2, 0) is 22.4 Å². The van der Waals surface area contributed by atoms with Gasteiger partial charge in [0.15, 0.2) is 0 Å². The molecule has 1 aromatic heterocycles. The minimum atomic E-state index is -0.729. The van der Waals surface area contributed by atoms with E-state index >= 15 is 4.39 Å². The molecule has 0 N–H and O–H groups in total. The fourth-order valence-corrected chi connectivity index (χ4v) is 4.49. The van der Waals surface area contributed by atoms with Crippen LogP contribution in [0.1, 0.15) is 29.8 Å². The zero-order valence-corrected chi connectivity index (χ0v) is 17.2. The van der Waals surface area contributed by atoms with Crippen LogP contribution >= 0.6 is 0 Å². The van der Waals surface area contributed by atoms with Crippen LogP contribution in [0.2, 0.25) is 0 Å². The standard InChI is InChI=1S/C21H24FN3O5/c1-4-30-21(28)25-8-7-24(10-12(25)2)18-13-5-6-23-11-15(20(27)29-3)19(26)14(17(13)23)9-16(18)22/h9,11-12H,4-8,10H2,1-3H3. The van der Waals surface area contributed by atoms with Gasteiger partial charge in [0, 0.05) is 49.4 Å². The summed E-state index contributed by atoms with van der Waals surface area (Å²) in [5.74, 6) is -1.23. The Morgan fingerprint density at radius 2 is 2.03 bits per heavy atom. The van der Waals surface area contributed by atoms with Gasteiger partial charge in [-0.2, -0.15) is 0 Å². The van der Waals surface area contributed by atoms with Crippen molar-refractivity contribution in [3.8, 4) is 0 Å². The Kier molecular flexibility index (Phi) is 5.13. The summed E-state index contributed by atoms with van der Waals surface area (Å²) in [6.07, 6.45) is 1.69. The van der Waals surface area contributed by atoms with Gasteiger partial charge in [-0.25, -0.2) is 14.0 Å². The van der Waals surface area contributed by atoms with Gasteiger partial charge in [0.05, 0.1) is 24.9 Å². The first-order chi connectivity index (χ1) is 14.4. The third kappa shape index (κ3) is 3.09. The molecule has 9 heteroatoms. The number of aromatic nitrogens is 1. The van der Waals surface area contributed by atoms with Crippen molar-refractivity contribution in [2.24, 2.45) is 0 Å². The largest absolute Gasteiger partial charge is 0.465 e. The number of rotatable bonds is 3. The van der Waals surface area contributed by atoms with Crippen LogP contribution in [0.3, 0.4) is 0 Å². The van der Waals surface area contributed by atoms with E-state index in [-0.39, 0.29) is 23.1 Å². The van der Waals surface area contributed by atoms with Crippen LogP contribution in [0.15, 0.2) is 17.1 Å². The highest BCUT2D eigenvalue weighted by Gasteiger charge is 2.33. The molecular weight excluding hydrogens is 393 g/mol. The number of carbonyl (C=O) groups excluding carboxylic acids is 2. The Bertz CT molecular complexity index is 1100. The number of esters is 1. The summed E-state index contributed by atoms with van der Waals surface area (Å²) in [6.45, 7) is 5.86. The summed E-state index contributed by atoms with van der Waals surface area (Å²) in [7, 11) is 1.21. The molecule has 2 aromatic rings. The number of aryl methyl sites for hydroxylation is 2. The third-order valence-electron chi connectivity index (χ3n) is 5.84. The number of nitrogens with zero attached hydrogens (tertiary/aromatic N) is 3. The molecule has 8 nitrogen and oxygen atoms in total. The molecule has 160 valence electrons. The molecule has 0 spiro atoms. The fourth-order valence-electron chi connectivity index (χ4n) is 4.49. The van der Waals surface area contributed by atoms with Crippen LogP contribution in [0.25, 0.3) is 10.9 Å². The van der Waals surface area contributed by atoms with E-state index in [1.54, 1.807) is 11.8 Å². The lowest BCUT2D eigenvalue weighted by molar-refractivity contribution is 0.0598. The zero-order chi connectivity index (χ0) is 21.6. The number of anilines is 1. The number of pyridine rings is 1. The van der Waals surface area contributed by atoms with Crippen molar-refractivity contribution >= 4 is 28.7 Å². The molecular formula is C21H24FN3O5. The molecule has 1 unspecified atom stereocenters. The Morgan fingerprint density at radius 1 is 1.27 bits per heavy atom. The minimum absolute atomic E-state index is 0.0957. The summed E-state index contributed by atoms with van der Waals surface area (Å²) in [4.78, 5) is 40.4. The number of benzene rings is 1. The van der Waals surface area contributed by atoms with Gasteiger partial charge >= 0.3 is 12.1 Å². The van der Waals surface area contributed by atoms with Crippen molar-refractivity contribution in [2.45, 2.75) is 32.9 Å². The van der Waals surface area contributed by atoms with E-state index in [9.17, 15) is 14.4 Å². The van der Waals surface area contributed by atoms with Gasteiger partial charge in [-0.05, 0) is 26.3 Å². The number of amides is 1. The van der Waals surface area contributed by atoms with Gasteiger partial charge in [0.1, 0.15) is 11.4 Å². The SMILES string of the molecule is CCOC(=O)N1CCN(c2c(F)cc3c(=O)c(C(=O)OC)cn4c3c2CC4)CC1C. The predicted molar refractivity (Wildman–Crippen MR) is 109 cm³/mol. The molecule has 0 radical (unpaired) electrons. The number of carbonyl (C=O) groups is 2. The van der Waals surface area contributed by atoms with Crippen LogP contribution in [0.4, 0.5) is 14.9 Å². The quantitative estimate of drug-likeness (QED) is 0.712. The zero-order valence-electron chi connectivity index (χ0n) is 17.2. The molecule has 4 rings (SSSR count). The number of hydrogen-bond acceptors (Lipinski definition) is 6. The number of halogens is 1. The number of hydrogen-bond donors (Lipinski definition) is 0. The highest BCUT2D eigenvalue weighted by atomic mass is 19.1. The summed E-state index contributed by atoms with van der Waals surface area (Å²) < 4.78 is 26.9. The van der Waals surface area contributed by atoms with E-state index in [2.05, 4.69) is 0 Å². The molecule has 3 heterocycles. The van der Waals surface area contributed by atoms with Gasteiger partial charge in [0.2, 0.25) is 5.43 Å². The first kappa shape index (κ1) is 20.2. The van der Waals surface area contributed by atoms with Crippen LogP contribution in [-0.4, -0.2) is 60.9 Å². The second-order valence-electron chi connectivity index (χ2n) is 7.58. The topological polar surface area (TPSA) is 81.1 Å². The van der Waals surface area contributed by atoms with E-state index < -0.39 is 17.2 Å². The molecule has 2 aliphatic rings. The van der Waals surface area contributed by atoms with Crippen molar-refractivity contribution in [3.63, 3.8) is 0 Å². The number of ether oxygens (including phenoxy) is 2. The lowest BCUT2D eigenvalue weighted by Gasteiger charge is -2.40. The summed E-state index contributed by atoms with van der Waals surface area (Å²) in [6, 6.07) is 1.07. The first-order valence-electron chi connectivity index (χ1n) is 10.0. The fraction of sp³-hybridized carbons (Fsp3) is 0.476. The Balaban J connectivity index is 1.75. The first-order valence-corrected chi connectivity index (χ1v) is 10.0. The molecule has 1 atom stereocenters. The number of piperazine rings is 1. The maximum atomic E-state index is 15.3. The highest BCUT2D eigenvalue weighted by Crippen LogP contribution is 2.36. The van der Waals surface area contributed by atoms with Crippen LogP contribution in [0, 0.1) is 5.82 Å². The van der Waals surface area contributed by atoms with E-state index in [0.717, 1.165) is 5.56 Å². The maximum absolute atomic E-state index is 15.3. The molecule has 0 bridgehead atoms. The second-order valence-corrected chi connectivity index (χ2v) is 7.58. The normalized spacial score (nSPS) is 18.1. The van der Waals surface area contributed by atoms with Gasteiger partial charge < -0.3 is 23.8 Å². The van der Waals surface area contributed by atoms with Crippen molar-refractivity contribution < 1.29 is 23.5 Å². The van der Waals surface area contributed by atoms with Gasteiger partial charge in [-0.1, -0.05) is 0 Å². The van der Waals surface area contributed by atoms with Gasteiger partial charge in [-0.3, -0.25) is 4.79 Å². The number of methoxy groups -OCH3 is 1. The molecule has 1 amide bonds. The van der Waals surface area contributed by atoms with E-state index in [1.807, 2.05) is 16.4 Å². The summed E-state index contributed by atoms with van der Waals surface area (Å²) >= 11 is 0.